The zero-order chi connectivity index (χ0) is 5.70. The summed E-state index contributed by atoms with van der Waals surface area (Å²) in [5, 5.41) is 0. The maximum Gasteiger partial charge on any atom is 0.0923 e. The molecular formula is C4H10O2S. The van der Waals surface area contributed by atoms with E-state index >= 15 is 0 Å². The summed E-state index contributed by atoms with van der Waals surface area (Å²) in [7, 11) is 1.63. The van der Waals surface area contributed by atoms with E-state index in [-0.39, 0.29) is 6.10 Å². The maximum atomic E-state index is 4.72. The van der Waals surface area contributed by atoms with Crippen LogP contribution in [0.25, 0.3) is 0 Å². The Morgan fingerprint density at radius 3 is 2.43 bits per heavy atom. The minimum atomic E-state index is 0.0910. The van der Waals surface area contributed by atoms with E-state index in [2.05, 4.69) is 17.1 Å². The molecule has 0 bridgehead atoms. The normalized spacial score (nSPS) is 14.1. The number of rotatable bonds is 3. The highest BCUT2D eigenvalue weighted by atomic mass is 32.1. The Balaban J connectivity index is 2.83. The van der Waals surface area contributed by atoms with Crippen LogP contribution in [0.5, 0.6) is 0 Å². The van der Waals surface area contributed by atoms with Gasteiger partial charge >= 0.3 is 0 Å². The van der Waals surface area contributed by atoms with Crippen LogP contribution in [0.3, 0.4) is 0 Å². The van der Waals surface area contributed by atoms with Crippen molar-refractivity contribution in [2.75, 3.05) is 13.7 Å². The molecule has 44 valence electrons. The third kappa shape index (κ3) is 4.12. The summed E-state index contributed by atoms with van der Waals surface area (Å²) in [5.41, 5.74) is 0. The third-order valence-corrected chi connectivity index (χ3v) is 0.941. The van der Waals surface area contributed by atoms with Gasteiger partial charge in [-0.1, -0.05) is 0 Å². The Hall–Kier alpha value is 0.270. The van der Waals surface area contributed by atoms with Gasteiger partial charge in [-0.2, -0.15) is 0 Å². The summed E-state index contributed by atoms with van der Waals surface area (Å²) in [6.07, 6.45) is 0.0910. The number of hydrogen-bond acceptors (Lipinski definition) is 3. The molecule has 0 spiro atoms. The first-order valence-electron chi connectivity index (χ1n) is 2.10. The Morgan fingerprint density at radius 1 is 1.71 bits per heavy atom. The predicted octanol–water partition coefficient (Wildman–Crippen LogP) is 0.883. The molecule has 7 heavy (non-hydrogen) atoms. The molecule has 0 radical (unpaired) electrons. The predicted molar refractivity (Wildman–Crippen MR) is 31.4 cm³/mol. The van der Waals surface area contributed by atoms with Gasteiger partial charge in [0.25, 0.3) is 0 Å². The molecule has 0 saturated heterocycles. The fourth-order valence-corrected chi connectivity index (χ4v) is 0.326. The monoisotopic (exact) mass is 122 g/mol. The van der Waals surface area contributed by atoms with Crippen molar-refractivity contribution in [2.45, 2.75) is 13.0 Å². The molecule has 0 aromatic carbocycles. The molecule has 0 rings (SSSR count). The van der Waals surface area contributed by atoms with Crippen LogP contribution in [-0.4, -0.2) is 19.8 Å². The second-order valence-electron chi connectivity index (χ2n) is 1.37. The summed E-state index contributed by atoms with van der Waals surface area (Å²) in [4.78, 5) is 0. The van der Waals surface area contributed by atoms with Crippen molar-refractivity contribution in [3.8, 4) is 0 Å². The molecule has 0 aliphatic carbocycles. The van der Waals surface area contributed by atoms with Gasteiger partial charge in [-0.05, 0) is 19.8 Å². The number of thiol groups is 1. The van der Waals surface area contributed by atoms with E-state index in [0.717, 1.165) is 0 Å². The Labute approximate surface area is 49.4 Å². The lowest BCUT2D eigenvalue weighted by molar-refractivity contribution is 0.108. The minimum absolute atomic E-state index is 0.0910. The van der Waals surface area contributed by atoms with Gasteiger partial charge in [0.05, 0.1) is 12.7 Å². The molecule has 1 unspecified atom stereocenters. The van der Waals surface area contributed by atoms with Gasteiger partial charge in [-0.25, -0.2) is 0 Å². The fraction of sp³-hybridized carbons (Fsp3) is 1.00. The van der Waals surface area contributed by atoms with Crippen LogP contribution in [0.1, 0.15) is 6.92 Å². The highest BCUT2D eigenvalue weighted by Gasteiger charge is 1.94. The Kier molecular flexibility index (Phi) is 4.60. The molecule has 0 fully saturated rings. The molecule has 0 heterocycles. The molecule has 0 aliphatic rings. The lowest BCUT2D eigenvalue weighted by Gasteiger charge is -2.03. The van der Waals surface area contributed by atoms with Gasteiger partial charge in [0.15, 0.2) is 0 Å². The van der Waals surface area contributed by atoms with E-state index < -0.39 is 0 Å². The standard InChI is InChI=1S/C4H10O2S/c1-4(6-7)3-5-2/h4,7H,3H2,1-2H3. The molecule has 0 aromatic rings. The fourth-order valence-electron chi connectivity index (χ4n) is 0.265. The van der Waals surface area contributed by atoms with Crippen molar-refractivity contribution in [1.82, 2.24) is 0 Å². The molecule has 1 atom stereocenters. The van der Waals surface area contributed by atoms with Crippen LogP contribution in [0.15, 0.2) is 0 Å². The first kappa shape index (κ1) is 7.27. The van der Waals surface area contributed by atoms with Crippen LogP contribution >= 0.6 is 12.9 Å². The van der Waals surface area contributed by atoms with Crippen molar-refractivity contribution in [1.29, 1.82) is 0 Å². The summed E-state index contributed by atoms with van der Waals surface area (Å²) in [5.74, 6) is 0. The van der Waals surface area contributed by atoms with Crippen molar-refractivity contribution < 1.29 is 8.92 Å². The first-order valence-corrected chi connectivity index (χ1v) is 2.47. The van der Waals surface area contributed by atoms with E-state index in [0.29, 0.717) is 6.61 Å². The molecule has 3 heteroatoms. The second kappa shape index (κ2) is 4.43. The van der Waals surface area contributed by atoms with E-state index in [1.54, 1.807) is 7.11 Å². The van der Waals surface area contributed by atoms with Crippen LogP contribution in [0.4, 0.5) is 0 Å². The highest BCUT2D eigenvalue weighted by Crippen LogP contribution is 1.91. The molecule has 0 saturated carbocycles. The van der Waals surface area contributed by atoms with E-state index in [4.69, 9.17) is 4.74 Å². The summed E-state index contributed by atoms with van der Waals surface area (Å²) >= 11 is 3.57. The molecule has 2 nitrogen and oxygen atoms in total. The largest absolute Gasteiger partial charge is 0.382 e. The zero-order valence-electron chi connectivity index (χ0n) is 4.55. The van der Waals surface area contributed by atoms with Gasteiger partial charge in [-0.3, -0.25) is 0 Å². The molecule has 0 N–H and O–H groups in total. The first-order chi connectivity index (χ1) is 3.31. The van der Waals surface area contributed by atoms with Gasteiger partial charge in [0.1, 0.15) is 0 Å². The number of methoxy groups -OCH3 is 1. The average Bonchev–Trinajstić information content (AvgIpc) is 1.68. The van der Waals surface area contributed by atoms with E-state index in [1.165, 1.54) is 0 Å². The quantitative estimate of drug-likeness (QED) is 0.442. The minimum Gasteiger partial charge on any atom is -0.382 e. The van der Waals surface area contributed by atoms with Crippen LogP contribution in [0, 0.1) is 0 Å². The topological polar surface area (TPSA) is 18.5 Å². The van der Waals surface area contributed by atoms with Crippen molar-refractivity contribution in [3.05, 3.63) is 0 Å². The Morgan fingerprint density at radius 2 is 2.29 bits per heavy atom. The van der Waals surface area contributed by atoms with Crippen LogP contribution in [0.2, 0.25) is 0 Å². The second-order valence-corrected chi connectivity index (χ2v) is 1.58. The van der Waals surface area contributed by atoms with Crippen molar-refractivity contribution >= 4 is 12.9 Å². The summed E-state index contributed by atoms with van der Waals surface area (Å²) < 4.78 is 9.28. The van der Waals surface area contributed by atoms with Gasteiger partial charge < -0.3 is 8.92 Å². The Bertz CT molecular complexity index is 40.7. The lowest BCUT2D eigenvalue weighted by Crippen LogP contribution is -2.08. The zero-order valence-corrected chi connectivity index (χ0v) is 5.44. The average molecular weight is 122 g/mol. The lowest BCUT2D eigenvalue weighted by atomic mass is 10.5. The highest BCUT2D eigenvalue weighted by molar-refractivity contribution is 7.75. The maximum absolute atomic E-state index is 4.72. The van der Waals surface area contributed by atoms with Gasteiger partial charge in [-0.15, -0.1) is 0 Å². The number of ether oxygens (including phenoxy) is 1. The van der Waals surface area contributed by atoms with Crippen molar-refractivity contribution in [3.63, 3.8) is 0 Å². The molecule has 0 aromatic heterocycles. The molecule has 0 amide bonds. The third-order valence-electron chi connectivity index (χ3n) is 0.581. The SMILES string of the molecule is COCC(C)OS. The molecular weight excluding hydrogens is 112 g/mol. The van der Waals surface area contributed by atoms with Crippen LogP contribution < -0.4 is 0 Å². The number of hydrogen-bond donors (Lipinski definition) is 1. The van der Waals surface area contributed by atoms with Gasteiger partial charge in [0, 0.05) is 7.11 Å². The van der Waals surface area contributed by atoms with Crippen LogP contribution in [-0.2, 0) is 8.92 Å². The van der Waals surface area contributed by atoms with E-state index in [1.807, 2.05) is 6.92 Å². The summed E-state index contributed by atoms with van der Waals surface area (Å²) in [6.45, 7) is 2.49. The summed E-state index contributed by atoms with van der Waals surface area (Å²) in [6, 6.07) is 0. The van der Waals surface area contributed by atoms with Crippen molar-refractivity contribution in [2.24, 2.45) is 0 Å². The molecule has 0 aliphatic heterocycles. The van der Waals surface area contributed by atoms with Gasteiger partial charge in [0.2, 0.25) is 0 Å². The van der Waals surface area contributed by atoms with E-state index in [9.17, 15) is 0 Å². The smallest absolute Gasteiger partial charge is 0.0923 e.